The summed E-state index contributed by atoms with van der Waals surface area (Å²) in [6.07, 6.45) is 0.805. The Balaban J connectivity index is 2.34. The van der Waals surface area contributed by atoms with Crippen LogP contribution < -0.4 is 10.1 Å². The van der Waals surface area contributed by atoms with Gasteiger partial charge in [-0.2, -0.15) is 0 Å². The third-order valence-corrected chi connectivity index (χ3v) is 4.94. The number of hydrogen-bond donors (Lipinski definition) is 1. The first-order chi connectivity index (χ1) is 14.2. The zero-order valence-electron chi connectivity index (χ0n) is 19.0. The summed E-state index contributed by atoms with van der Waals surface area (Å²) in [5.74, 6) is 0.548. The molecule has 0 radical (unpaired) electrons. The third-order valence-electron chi connectivity index (χ3n) is 4.94. The van der Waals surface area contributed by atoms with Crippen LogP contribution in [0.25, 0.3) is 0 Å². The minimum atomic E-state index is -0.531. The first-order valence-corrected chi connectivity index (χ1v) is 10.5. The van der Waals surface area contributed by atoms with Crippen LogP contribution in [-0.4, -0.2) is 35.9 Å². The average molecular weight is 411 g/mol. The second-order valence-corrected chi connectivity index (χ2v) is 8.13. The van der Waals surface area contributed by atoms with Crippen LogP contribution in [0.15, 0.2) is 42.5 Å². The van der Waals surface area contributed by atoms with Gasteiger partial charge in [0.25, 0.3) is 0 Å². The molecule has 0 bridgehead atoms. The number of methoxy groups -OCH3 is 1. The number of carbonyl (C=O) groups is 2. The van der Waals surface area contributed by atoms with Crippen molar-refractivity contribution in [3.8, 4) is 5.75 Å². The zero-order chi connectivity index (χ0) is 22.3. The molecule has 0 aliphatic heterocycles. The lowest BCUT2D eigenvalue weighted by Crippen LogP contribution is -2.50. The smallest absolute Gasteiger partial charge is 0.243 e. The molecule has 0 spiro atoms. The SMILES string of the molecule is CC[C@H](C(=O)NC(C)C)N(Cc1cccc(OC)c1)C(=O)Cc1cc(C)cc(C)c1. The summed E-state index contributed by atoms with van der Waals surface area (Å²) < 4.78 is 5.32. The Labute approximate surface area is 180 Å². The maximum atomic E-state index is 13.4. The molecule has 30 heavy (non-hydrogen) atoms. The predicted molar refractivity (Wildman–Crippen MR) is 121 cm³/mol. The predicted octanol–water partition coefficient (Wildman–Crippen LogP) is 4.19. The van der Waals surface area contributed by atoms with Gasteiger partial charge < -0.3 is 15.0 Å². The van der Waals surface area contributed by atoms with Gasteiger partial charge in [-0.3, -0.25) is 9.59 Å². The van der Waals surface area contributed by atoms with Crippen molar-refractivity contribution in [2.75, 3.05) is 7.11 Å². The summed E-state index contributed by atoms with van der Waals surface area (Å²) in [4.78, 5) is 28.0. The Bertz CT molecular complexity index is 856. The molecule has 1 atom stereocenters. The number of carbonyl (C=O) groups excluding carboxylic acids is 2. The topological polar surface area (TPSA) is 58.6 Å². The van der Waals surface area contributed by atoms with Crippen LogP contribution in [0.3, 0.4) is 0 Å². The highest BCUT2D eigenvalue weighted by Crippen LogP contribution is 2.19. The van der Waals surface area contributed by atoms with E-state index in [1.165, 1.54) is 0 Å². The van der Waals surface area contributed by atoms with E-state index in [0.717, 1.165) is 28.0 Å². The number of nitrogens with one attached hydrogen (secondary N) is 1. The van der Waals surface area contributed by atoms with Crippen LogP contribution in [-0.2, 0) is 22.6 Å². The zero-order valence-corrected chi connectivity index (χ0v) is 19.0. The van der Waals surface area contributed by atoms with Gasteiger partial charge in [0.05, 0.1) is 13.5 Å². The minimum Gasteiger partial charge on any atom is -0.497 e. The molecule has 0 saturated heterocycles. The molecule has 2 amide bonds. The molecule has 1 N–H and O–H groups in total. The Morgan fingerprint density at radius 2 is 1.70 bits per heavy atom. The van der Waals surface area contributed by atoms with Gasteiger partial charge in [0.15, 0.2) is 0 Å². The van der Waals surface area contributed by atoms with Gasteiger partial charge in [0.1, 0.15) is 11.8 Å². The second-order valence-electron chi connectivity index (χ2n) is 8.13. The van der Waals surface area contributed by atoms with Crippen LogP contribution in [0.5, 0.6) is 5.75 Å². The second kappa shape index (κ2) is 10.8. The molecule has 0 aliphatic carbocycles. The largest absolute Gasteiger partial charge is 0.497 e. The molecule has 162 valence electrons. The Morgan fingerprint density at radius 1 is 1.03 bits per heavy atom. The van der Waals surface area contributed by atoms with Gasteiger partial charge in [0.2, 0.25) is 11.8 Å². The van der Waals surface area contributed by atoms with Gasteiger partial charge in [-0.25, -0.2) is 0 Å². The van der Waals surface area contributed by atoms with Crippen LogP contribution in [0.2, 0.25) is 0 Å². The summed E-state index contributed by atoms with van der Waals surface area (Å²) in [6.45, 7) is 10.2. The number of benzene rings is 2. The molecule has 0 aliphatic rings. The van der Waals surface area contributed by atoms with E-state index in [4.69, 9.17) is 4.74 Å². The summed E-state index contributed by atoms with van der Waals surface area (Å²) >= 11 is 0. The fourth-order valence-corrected chi connectivity index (χ4v) is 3.71. The lowest BCUT2D eigenvalue weighted by atomic mass is 10.0. The number of hydrogen-bond acceptors (Lipinski definition) is 3. The highest BCUT2D eigenvalue weighted by atomic mass is 16.5. The summed E-state index contributed by atoms with van der Waals surface area (Å²) in [6, 6.07) is 13.3. The van der Waals surface area contributed by atoms with Crippen molar-refractivity contribution in [2.24, 2.45) is 0 Å². The molecule has 5 nitrogen and oxygen atoms in total. The normalized spacial score (nSPS) is 11.8. The number of rotatable bonds is 9. The monoisotopic (exact) mass is 410 g/mol. The van der Waals surface area contributed by atoms with E-state index in [1.54, 1.807) is 12.0 Å². The fourth-order valence-electron chi connectivity index (χ4n) is 3.71. The van der Waals surface area contributed by atoms with E-state index in [9.17, 15) is 9.59 Å². The number of amides is 2. The van der Waals surface area contributed by atoms with Crippen LogP contribution in [0.4, 0.5) is 0 Å². The molecular weight excluding hydrogens is 376 g/mol. The summed E-state index contributed by atoms with van der Waals surface area (Å²) in [5, 5.41) is 2.96. The van der Waals surface area contributed by atoms with E-state index < -0.39 is 6.04 Å². The number of ether oxygens (including phenoxy) is 1. The molecule has 0 heterocycles. The summed E-state index contributed by atoms with van der Waals surface area (Å²) in [7, 11) is 1.62. The lowest BCUT2D eigenvalue weighted by Gasteiger charge is -2.31. The van der Waals surface area contributed by atoms with E-state index in [1.807, 2.05) is 71.0 Å². The first-order valence-electron chi connectivity index (χ1n) is 10.5. The van der Waals surface area contributed by atoms with Crippen molar-refractivity contribution in [1.29, 1.82) is 0 Å². The number of aryl methyl sites for hydroxylation is 2. The molecule has 0 aromatic heterocycles. The molecule has 0 fully saturated rings. The third kappa shape index (κ3) is 6.61. The van der Waals surface area contributed by atoms with E-state index in [2.05, 4.69) is 11.4 Å². The van der Waals surface area contributed by atoms with Crippen LogP contribution in [0.1, 0.15) is 49.4 Å². The number of nitrogens with zero attached hydrogens (tertiary/aromatic N) is 1. The first kappa shape index (κ1) is 23.5. The molecule has 0 saturated carbocycles. The molecular formula is C25H34N2O3. The van der Waals surface area contributed by atoms with E-state index >= 15 is 0 Å². The lowest BCUT2D eigenvalue weighted by molar-refractivity contribution is -0.141. The average Bonchev–Trinajstić information content (AvgIpc) is 2.66. The molecule has 2 aromatic rings. The highest BCUT2D eigenvalue weighted by molar-refractivity contribution is 5.88. The quantitative estimate of drug-likeness (QED) is 0.674. The minimum absolute atomic E-state index is 0.0137. The standard InChI is InChI=1S/C25H34N2O3/c1-7-23(25(29)26-17(2)3)27(16-20-9-8-10-22(14-20)30-6)24(28)15-21-12-18(4)11-19(5)13-21/h8-14,17,23H,7,15-16H2,1-6H3,(H,26,29)/t23-/m1/s1. The van der Waals surface area contributed by atoms with E-state index in [-0.39, 0.29) is 24.3 Å². The van der Waals surface area contributed by atoms with Crippen molar-refractivity contribution in [3.63, 3.8) is 0 Å². The van der Waals surface area contributed by atoms with Crippen LogP contribution >= 0.6 is 0 Å². The van der Waals surface area contributed by atoms with Gasteiger partial charge in [-0.05, 0) is 57.4 Å². The van der Waals surface area contributed by atoms with Crippen molar-refractivity contribution in [1.82, 2.24) is 10.2 Å². The maximum absolute atomic E-state index is 13.4. The summed E-state index contributed by atoms with van der Waals surface area (Å²) in [5.41, 5.74) is 4.15. The maximum Gasteiger partial charge on any atom is 0.243 e. The van der Waals surface area contributed by atoms with Gasteiger partial charge >= 0.3 is 0 Å². The van der Waals surface area contributed by atoms with Gasteiger partial charge in [-0.1, -0.05) is 48.4 Å². The fraction of sp³-hybridized carbons (Fsp3) is 0.440. The van der Waals surface area contributed by atoms with Crippen LogP contribution in [0, 0.1) is 13.8 Å². The molecule has 5 heteroatoms. The Morgan fingerprint density at radius 3 is 2.27 bits per heavy atom. The molecule has 2 rings (SSSR count). The van der Waals surface area contributed by atoms with Crippen molar-refractivity contribution >= 4 is 11.8 Å². The highest BCUT2D eigenvalue weighted by Gasteiger charge is 2.29. The van der Waals surface area contributed by atoms with Gasteiger partial charge in [-0.15, -0.1) is 0 Å². The van der Waals surface area contributed by atoms with Crippen molar-refractivity contribution < 1.29 is 14.3 Å². The van der Waals surface area contributed by atoms with Gasteiger partial charge in [0, 0.05) is 12.6 Å². The molecule has 2 aromatic carbocycles. The molecule has 0 unspecified atom stereocenters. The Hall–Kier alpha value is -2.82. The van der Waals surface area contributed by atoms with E-state index in [0.29, 0.717) is 13.0 Å². The van der Waals surface area contributed by atoms with Crippen molar-refractivity contribution in [3.05, 3.63) is 64.7 Å². The Kier molecular flexibility index (Phi) is 8.46. The van der Waals surface area contributed by atoms with Crippen molar-refractivity contribution in [2.45, 2.75) is 66.1 Å².